The molecular formula is C14H18BrN3O3. The van der Waals surface area contributed by atoms with Gasteiger partial charge in [-0.3, -0.25) is 0 Å². The van der Waals surface area contributed by atoms with Crippen LogP contribution >= 0.6 is 15.9 Å². The Kier molecular flexibility index (Phi) is 5.44. The Morgan fingerprint density at radius 1 is 1.19 bits per heavy atom. The van der Waals surface area contributed by atoms with Crippen molar-refractivity contribution in [3.05, 3.63) is 29.8 Å². The fraction of sp³-hybridized carbons (Fsp3) is 0.429. The SMILES string of the molecule is CCn1ncnc1COc1c(OC)cc(CBr)cc1OC. The van der Waals surface area contributed by atoms with Gasteiger partial charge in [0.15, 0.2) is 17.3 Å². The minimum Gasteiger partial charge on any atom is -0.493 e. The zero-order valence-electron chi connectivity index (χ0n) is 12.3. The lowest BCUT2D eigenvalue weighted by Crippen LogP contribution is -2.08. The molecule has 0 radical (unpaired) electrons. The molecule has 114 valence electrons. The molecule has 0 bridgehead atoms. The van der Waals surface area contributed by atoms with Crippen molar-refractivity contribution in [3.8, 4) is 17.2 Å². The summed E-state index contributed by atoms with van der Waals surface area (Å²) < 4.78 is 18.4. The second kappa shape index (κ2) is 7.31. The lowest BCUT2D eigenvalue weighted by atomic mass is 10.2. The highest BCUT2D eigenvalue weighted by Gasteiger charge is 2.15. The van der Waals surface area contributed by atoms with Crippen LogP contribution in [0.3, 0.4) is 0 Å². The third-order valence-corrected chi connectivity index (χ3v) is 3.66. The lowest BCUT2D eigenvalue weighted by molar-refractivity contribution is 0.253. The molecule has 1 heterocycles. The van der Waals surface area contributed by atoms with Crippen LogP contribution in [0, 0.1) is 0 Å². The zero-order valence-corrected chi connectivity index (χ0v) is 13.9. The summed E-state index contributed by atoms with van der Waals surface area (Å²) in [6, 6.07) is 3.83. The van der Waals surface area contributed by atoms with Gasteiger partial charge >= 0.3 is 0 Å². The number of benzene rings is 1. The molecular weight excluding hydrogens is 338 g/mol. The molecule has 1 aromatic carbocycles. The number of aryl methyl sites for hydroxylation is 1. The molecule has 0 fully saturated rings. The van der Waals surface area contributed by atoms with E-state index in [-0.39, 0.29) is 0 Å². The third kappa shape index (κ3) is 3.47. The molecule has 0 spiro atoms. The number of hydrogen-bond acceptors (Lipinski definition) is 5. The molecule has 7 heteroatoms. The van der Waals surface area contributed by atoms with Crippen LogP contribution < -0.4 is 14.2 Å². The van der Waals surface area contributed by atoms with Gasteiger partial charge in [0.05, 0.1) is 14.2 Å². The van der Waals surface area contributed by atoms with Crippen molar-refractivity contribution in [1.29, 1.82) is 0 Å². The summed E-state index contributed by atoms with van der Waals surface area (Å²) in [7, 11) is 3.21. The molecule has 0 aliphatic carbocycles. The molecule has 1 aromatic heterocycles. The standard InChI is InChI=1S/C14H18BrN3O3/c1-4-18-13(16-9-17-18)8-21-14-11(19-2)5-10(7-15)6-12(14)20-3/h5-6,9H,4,7-8H2,1-3H3. The Hall–Kier alpha value is -1.76. The Morgan fingerprint density at radius 3 is 2.38 bits per heavy atom. The first-order valence-corrected chi connectivity index (χ1v) is 7.66. The van der Waals surface area contributed by atoms with Crippen LogP contribution in [0.1, 0.15) is 18.3 Å². The average Bonchev–Trinajstić information content (AvgIpc) is 2.99. The highest BCUT2D eigenvalue weighted by Crippen LogP contribution is 2.39. The van der Waals surface area contributed by atoms with Crippen LogP contribution in [0.15, 0.2) is 18.5 Å². The van der Waals surface area contributed by atoms with Gasteiger partial charge in [-0.15, -0.1) is 0 Å². The van der Waals surface area contributed by atoms with Gasteiger partial charge in [0, 0.05) is 11.9 Å². The van der Waals surface area contributed by atoms with Crippen molar-refractivity contribution in [1.82, 2.24) is 14.8 Å². The summed E-state index contributed by atoms with van der Waals surface area (Å²) in [5.41, 5.74) is 1.05. The second-order valence-electron chi connectivity index (χ2n) is 4.24. The van der Waals surface area contributed by atoms with Gasteiger partial charge in [0.2, 0.25) is 5.75 Å². The Balaban J connectivity index is 2.26. The van der Waals surface area contributed by atoms with Gasteiger partial charge < -0.3 is 14.2 Å². The predicted molar refractivity (Wildman–Crippen MR) is 82.2 cm³/mol. The lowest BCUT2D eigenvalue weighted by Gasteiger charge is -2.15. The van der Waals surface area contributed by atoms with Crippen molar-refractivity contribution >= 4 is 15.9 Å². The second-order valence-corrected chi connectivity index (χ2v) is 4.80. The maximum absolute atomic E-state index is 5.85. The number of aromatic nitrogens is 3. The number of nitrogens with zero attached hydrogens (tertiary/aromatic N) is 3. The number of ether oxygens (including phenoxy) is 3. The van der Waals surface area contributed by atoms with Crippen molar-refractivity contribution in [2.45, 2.75) is 25.4 Å². The fourth-order valence-electron chi connectivity index (χ4n) is 1.95. The van der Waals surface area contributed by atoms with Crippen molar-refractivity contribution in [2.24, 2.45) is 0 Å². The highest BCUT2D eigenvalue weighted by atomic mass is 79.9. The Morgan fingerprint density at radius 2 is 1.86 bits per heavy atom. The number of rotatable bonds is 7. The number of hydrogen-bond donors (Lipinski definition) is 0. The summed E-state index contributed by atoms with van der Waals surface area (Å²) in [4.78, 5) is 4.18. The smallest absolute Gasteiger partial charge is 0.204 e. The topological polar surface area (TPSA) is 58.4 Å². The summed E-state index contributed by atoms with van der Waals surface area (Å²) in [6.07, 6.45) is 1.52. The number of alkyl halides is 1. The van der Waals surface area contributed by atoms with Crippen molar-refractivity contribution < 1.29 is 14.2 Å². The van der Waals surface area contributed by atoms with E-state index in [9.17, 15) is 0 Å². The van der Waals surface area contributed by atoms with E-state index in [1.165, 1.54) is 6.33 Å². The van der Waals surface area contributed by atoms with E-state index in [2.05, 4.69) is 26.0 Å². The van der Waals surface area contributed by atoms with E-state index in [1.54, 1.807) is 18.9 Å². The van der Waals surface area contributed by atoms with Gasteiger partial charge in [0.25, 0.3) is 0 Å². The average molecular weight is 356 g/mol. The molecule has 2 rings (SSSR count). The first-order valence-electron chi connectivity index (χ1n) is 6.53. The fourth-order valence-corrected chi connectivity index (χ4v) is 2.28. The molecule has 0 saturated carbocycles. The molecule has 0 aliphatic heterocycles. The van der Waals surface area contributed by atoms with Gasteiger partial charge in [-0.1, -0.05) is 15.9 Å². The Bertz CT molecular complexity index is 576. The predicted octanol–water partition coefficient (Wildman–Crippen LogP) is 2.79. The molecule has 0 saturated heterocycles. The summed E-state index contributed by atoms with van der Waals surface area (Å²) in [5, 5.41) is 4.83. The van der Waals surface area contributed by atoms with Crippen LogP contribution in [0.4, 0.5) is 0 Å². The van der Waals surface area contributed by atoms with E-state index in [1.807, 2.05) is 19.1 Å². The van der Waals surface area contributed by atoms with Gasteiger partial charge in [-0.2, -0.15) is 5.10 Å². The molecule has 21 heavy (non-hydrogen) atoms. The zero-order chi connectivity index (χ0) is 15.2. The number of halogens is 1. The summed E-state index contributed by atoms with van der Waals surface area (Å²) >= 11 is 3.42. The number of methoxy groups -OCH3 is 2. The first-order chi connectivity index (χ1) is 10.2. The maximum atomic E-state index is 5.85. The normalized spacial score (nSPS) is 10.5. The molecule has 0 atom stereocenters. The van der Waals surface area contributed by atoms with Gasteiger partial charge in [-0.05, 0) is 24.6 Å². The van der Waals surface area contributed by atoms with E-state index in [0.29, 0.717) is 29.2 Å². The Labute approximate surface area is 132 Å². The van der Waals surface area contributed by atoms with Crippen molar-refractivity contribution in [3.63, 3.8) is 0 Å². The van der Waals surface area contributed by atoms with E-state index < -0.39 is 0 Å². The largest absolute Gasteiger partial charge is 0.493 e. The van der Waals surface area contributed by atoms with Gasteiger partial charge in [0.1, 0.15) is 12.9 Å². The minimum absolute atomic E-state index is 0.300. The maximum Gasteiger partial charge on any atom is 0.204 e. The summed E-state index contributed by atoms with van der Waals surface area (Å²) in [5.74, 6) is 2.58. The third-order valence-electron chi connectivity index (χ3n) is 3.02. The first kappa shape index (κ1) is 15.6. The monoisotopic (exact) mass is 355 g/mol. The van der Waals surface area contributed by atoms with Crippen LogP contribution in [-0.4, -0.2) is 29.0 Å². The van der Waals surface area contributed by atoms with Crippen molar-refractivity contribution in [2.75, 3.05) is 14.2 Å². The molecule has 6 nitrogen and oxygen atoms in total. The van der Waals surface area contributed by atoms with Crippen LogP contribution in [0.5, 0.6) is 17.2 Å². The molecule has 0 aliphatic rings. The molecule has 0 unspecified atom stereocenters. The van der Waals surface area contributed by atoms with Crippen LogP contribution in [-0.2, 0) is 18.5 Å². The quantitative estimate of drug-likeness (QED) is 0.714. The molecule has 0 amide bonds. The minimum atomic E-state index is 0.300. The van der Waals surface area contributed by atoms with Gasteiger partial charge in [-0.25, -0.2) is 9.67 Å². The molecule has 2 aromatic rings. The van der Waals surface area contributed by atoms with E-state index in [0.717, 1.165) is 17.9 Å². The molecule has 0 N–H and O–H groups in total. The van der Waals surface area contributed by atoms with E-state index in [4.69, 9.17) is 14.2 Å². The summed E-state index contributed by atoms with van der Waals surface area (Å²) in [6.45, 7) is 3.05. The van der Waals surface area contributed by atoms with Crippen LogP contribution in [0.25, 0.3) is 0 Å². The highest BCUT2D eigenvalue weighted by molar-refractivity contribution is 9.08. The van der Waals surface area contributed by atoms with E-state index >= 15 is 0 Å². The van der Waals surface area contributed by atoms with Crippen LogP contribution in [0.2, 0.25) is 0 Å².